The summed E-state index contributed by atoms with van der Waals surface area (Å²) in [5.41, 5.74) is 3.47. The number of methoxy groups -OCH3 is 1. The topological polar surface area (TPSA) is 118 Å². The van der Waals surface area contributed by atoms with E-state index in [4.69, 9.17) is 14.8 Å². The van der Waals surface area contributed by atoms with Gasteiger partial charge in [0.25, 0.3) is 5.91 Å². The number of carbonyl (C=O) groups excluding carboxylic acids is 1. The quantitative estimate of drug-likeness (QED) is 0.426. The average molecular weight is 567 g/mol. The lowest BCUT2D eigenvalue weighted by molar-refractivity contribution is 0.0976. The molecule has 0 spiro atoms. The Morgan fingerprint density at radius 1 is 1.07 bits per heavy atom. The molecule has 6 rings (SSSR count). The summed E-state index contributed by atoms with van der Waals surface area (Å²) in [4.78, 5) is 20.7. The van der Waals surface area contributed by atoms with Crippen molar-refractivity contribution in [2.45, 2.75) is 56.1 Å². The molecule has 3 fully saturated rings. The fourth-order valence-corrected chi connectivity index (χ4v) is 7.54. The number of anilines is 1. The minimum Gasteiger partial charge on any atom is -0.384 e. The largest absolute Gasteiger partial charge is 0.384 e. The summed E-state index contributed by atoms with van der Waals surface area (Å²) in [7, 11) is -2.09. The average Bonchev–Trinajstić information content (AvgIpc) is 3.32. The van der Waals surface area contributed by atoms with Crippen molar-refractivity contribution in [1.82, 2.24) is 24.8 Å². The summed E-state index contributed by atoms with van der Waals surface area (Å²) in [6, 6.07) is 11.6. The maximum Gasteiger partial charge on any atom is 0.283 e. The van der Waals surface area contributed by atoms with Gasteiger partial charge < -0.3 is 15.0 Å². The molecule has 1 saturated carbocycles. The van der Waals surface area contributed by atoms with Gasteiger partial charge in [-0.2, -0.15) is 5.10 Å². The molecular weight excluding hydrogens is 528 g/mol. The number of carbonyl (C=O) groups is 1. The number of nitrogens with zero attached hydrogens (tertiary/aromatic N) is 4. The maximum absolute atomic E-state index is 13.5. The second kappa shape index (κ2) is 11.5. The first-order chi connectivity index (χ1) is 19.4. The van der Waals surface area contributed by atoms with Crippen molar-refractivity contribution in [3.8, 4) is 5.69 Å². The van der Waals surface area contributed by atoms with Crippen LogP contribution in [0.5, 0.6) is 0 Å². The molecule has 0 atom stereocenters. The second-order valence-electron chi connectivity index (χ2n) is 11.3. The molecule has 0 bridgehead atoms. The normalized spacial score (nSPS) is 19.6. The minimum atomic E-state index is -3.83. The van der Waals surface area contributed by atoms with Gasteiger partial charge in [-0.25, -0.2) is 22.8 Å². The van der Waals surface area contributed by atoms with E-state index in [-0.39, 0.29) is 5.69 Å². The fourth-order valence-electron chi connectivity index (χ4n) is 6.15. The molecule has 2 aliphatic heterocycles. The smallest absolute Gasteiger partial charge is 0.283 e. The molecule has 0 radical (unpaired) electrons. The van der Waals surface area contributed by atoms with Gasteiger partial charge in [0.05, 0.1) is 27.7 Å². The molecule has 10 nitrogen and oxygen atoms in total. The van der Waals surface area contributed by atoms with Gasteiger partial charge in [-0.3, -0.25) is 4.79 Å². The summed E-state index contributed by atoms with van der Waals surface area (Å²) >= 11 is 0. The van der Waals surface area contributed by atoms with Gasteiger partial charge in [0.1, 0.15) is 5.69 Å². The van der Waals surface area contributed by atoms with E-state index in [1.165, 1.54) is 6.42 Å². The van der Waals surface area contributed by atoms with Gasteiger partial charge in [0.2, 0.25) is 10.0 Å². The zero-order valence-corrected chi connectivity index (χ0v) is 23.8. The Labute approximate surface area is 235 Å². The molecular formula is C29H38N6O4S. The van der Waals surface area contributed by atoms with E-state index in [1.807, 2.05) is 35.0 Å². The number of ether oxygens (including phenoxy) is 1. The molecule has 214 valence electrons. The monoisotopic (exact) mass is 566 g/mol. The van der Waals surface area contributed by atoms with E-state index < -0.39 is 21.2 Å². The van der Waals surface area contributed by atoms with Crippen LogP contribution in [0, 0.1) is 5.92 Å². The van der Waals surface area contributed by atoms with E-state index in [2.05, 4.69) is 14.9 Å². The van der Waals surface area contributed by atoms with Crippen LogP contribution in [0.1, 0.15) is 67.0 Å². The van der Waals surface area contributed by atoms with Crippen LogP contribution >= 0.6 is 0 Å². The van der Waals surface area contributed by atoms with Crippen molar-refractivity contribution >= 4 is 32.7 Å². The highest BCUT2D eigenvalue weighted by molar-refractivity contribution is 7.90. The summed E-state index contributed by atoms with van der Waals surface area (Å²) in [5.74, 6) is 0.149. The summed E-state index contributed by atoms with van der Waals surface area (Å²) in [5, 5.41) is 8.63. The molecule has 40 heavy (non-hydrogen) atoms. The van der Waals surface area contributed by atoms with Gasteiger partial charge in [-0.05, 0) is 75.7 Å². The fraction of sp³-hybridized carbons (Fsp3) is 0.552. The number of sulfonamides is 1. The van der Waals surface area contributed by atoms with Crippen LogP contribution in [0.15, 0.2) is 36.4 Å². The highest BCUT2D eigenvalue weighted by Gasteiger charge is 2.33. The van der Waals surface area contributed by atoms with Crippen molar-refractivity contribution in [2.24, 2.45) is 5.92 Å². The number of amides is 1. The lowest BCUT2D eigenvalue weighted by Gasteiger charge is -2.34. The first-order valence-corrected chi connectivity index (χ1v) is 16.0. The molecule has 2 aromatic heterocycles. The molecule has 2 N–H and O–H groups in total. The Kier molecular flexibility index (Phi) is 7.78. The van der Waals surface area contributed by atoms with Crippen LogP contribution in [0.25, 0.3) is 16.7 Å². The van der Waals surface area contributed by atoms with Crippen molar-refractivity contribution in [2.75, 3.05) is 44.8 Å². The SMILES string of the molecule is COCC1CCN(c2cc(C(=O)NS(=O)(=O)C3CCNCC3)nc3c2c(C2CCC2)nn3-c2ccccc2)CC1. The molecule has 1 amide bonds. The Bertz CT molecular complexity index is 1460. The van der Waals surface area contributed by atoms with Crippen LogP contribution in [0.2, 0.25) is 0 Å². The number of fused-ring (bicyclic) bond motifs is 1. The molecule has 3 aromatic rings. The molecule has 3 aliphatic rings. The van der Waals surface area contributed by atoms with Crippen molar-refractivity contribution in [1.29, 1.82) is 0 Å². The molecule has 1 aromatic carbocycles. The number of piperidine rings is 2. The number of hydrogen-bond acceptors (Lipinski definition) is 8. The van der Waals surface area contributed by atoms with Crippen molar-refractivity contribution in [3.63, 3.8) is 0 Å². The first kappa shape index (κ1) is 27.2. The summed E-state index contributed by atoms with van der Waals surface area (Å²) in [6.45, 7) is 3.62. The van der Waals surface area contributed by atoms with Gasteiger partial charge in [0.15, 0.2) is 5.65 Å². The van der Waals surface area contributed by atoms with Crippen molar-refractivity contribution < 1.29 is 17.9 Å². The molecule has 2 saturated heterocycles. The van der Waals surface area contributed by atoms with Gasteiger partial charge in [-0.15, -0.1) is 0 Å². The Morgan fingerprint density at radius 3 is 2.45 bits per heavy atom. The molecule has 0 unspecified atom stereocenters. The van der Waals surface area contributed by atoms with E-state index >= 15 is 0 Å². The molecule has 1 aliphatic carbocycles. The summed E-state index contributed by atoms with van der Waals surface area (Å²) < 4.78 is 35.8. The third kappa shape index (κ3) is 5.34. The number of para-hydroxylation sites is 1. The zero-order chi connectivity index (χ0) is 27.7. The number of benzene rings is 1. The van der Waals surface area contributed by atoms with Gasteiger partial charge in [-0.1, -0.05) is 24.6 Å². The van der Waals surface area contributed by atoms with E-state index in [0.717, 1.165) is 67.8 Å². The number of rotatable bonds is 8. The zero-order valence-electron chi connectivity index (χ0n) is 23.0. The predicted octanol–water partition coefficient (Wildman–Crippen LogP) is 3.36. The second-order valence-corrected chi connectivity index (χ2v) is 13.3. The number of pyridine rings is 1. The van der Waals surface area contributed by atoms with E-state index in [9.17, 15) is 13.2 Å². The number of aromatic nitrogens is 3. The maximum atomic E-state index is 13.5. The summed E-state index contributed by atoms with van der Waals surface area (Å²) in [6.07, 6.45) is 6.23. The molecule has 4 heterocycles. The van der Waals surface area contributed by atoms with Gasteiger partial charge >= 0.3 is 0 Å². The number of hydrogen-bond donors (Lipinski definition) is 2. The van der Waals surface area contributed by atoms with Crippen LogP contribution in [-0.4, -0.2) is 74.2 Å². The Hall–Kier alpha value is -3.02. The first-order valence-electron chi connectivity index (χ1n) is 14.4. The minimum absolute atomic E-state index is 0.0938. The van der Waals surface area contributed by atoms with E-state index in [1.54, 1.807) is 13.2 Å². The predicted molar refractivity (Wildman–Crippen MR) is 155 cm³/mol. The highest BCUT2D eigenvalue weighted by atomic mass is 32.2. The van der Waals surface area contributed by atoms with Crippen LogP contribution < -0.4 is 14.9 Å². The Morgan fingerprint density at radius 2 is 1.80 bits per heavy atom. The lowest BCUT2D eigenvalue weighted by atomic mass is 9.82. The van der Waals surface area contributed by atoms with E-state index in [0.29, 0.717) is 43.4 Å². The highest BCUT2D eigenvalue weighted by Crippen LogP contribution is 2.43. The third-order valence-electron chi connectivity index (χ3n) is 8.69. The lowest BCUT2D eigenvalue weighted by Crippen LogP contribution is -2.44. The van der Waals surface area contributed by atoms with Gasteiger partial charge in [0, 0.05) is 32.7 Å². The molecule has 11 heteroatoms. The van der Waals surface area contributed by atoms with Crippen LogP contribution in [0.3, 0.4) is 0 Å². The third-order valence-corrected chi connectivity index (χ3v) is 10.5. The standard InChI is InChI=1S/C29H38N6O4S/c1-39-19-20-12-16-34(17-13-20)25-18-24(29(36)33-40(37,38)23-10-14-30-15-11-23)31-28-26(25)27(21-6-5-7-21)32-35(28)22-8-3-2-4-9-22/h2-4,8-9,18,20-21,23,30H,5-7,10-17,19H2,1H3,(H,33,36). The van der Waals surface area contributed by atoms with Crippen LogP contribution in [-0.2, 0) is 14.8 Å². The van der Waals surface area contributed by atoms with Crippen LogP contribution in [0.4, 0.5) is 5.69 Å². The Balaban J connectivity index is 1.44. The van der Waals surface area contributed by atoms with Crippen molar-refractivity contribution in [3.05, 3.63) is 47.8 Å². The number of nitrogens with one attached hydrogen (secondary N) is 2.